The molecule has 0 fully saturated rings. The van der Waals surface area contributed by atoms with Gasteiger partial charge in [0.15, 0.2) is 0 Å². The number of aromatic nitrogens is 1. The number of carbonyl (C=O) groups is 2. The smallest absolute Gasteiger partial charge is 0.323 e. The number of carboxylic acid groups (broad SMARTS) is 1. The molecule has 1 rings (SSSR count). The number of hydrogen-bond acceptors (Lipinski definition) is 4. The van der Waals surface area contributed by atoms with Gasteiger partial charge >= 0.3 is 12.0 Å². The average Bonchev–Trinajstić information content (AvgIpc) is 2.77. The lowest BCUT2D eigenvalue weighted by molar-refractivity contribution is -0.138. The Morgan fingerprint density at radius 3 is 2.63 bits per heavy atom. The number of thiazole rings is 1. The number of nitrogens with zero attached hydrogens (tertiary/aromatic N) is 2. The first-order chi connectivity index (χ1) is 8.80. The summed E-state index contributed by atoms with van der Waals surface area (Å²) in [5, 5.41) is 14.4. The number of rotatable bonds is 5. The Morgan fingerprint density at radius 2 is 2.16 bits per heavy atom. The Labute approximate surface area is 116 Å². The maximum absolute atomic E-state index is 12.0. The van der Waals surface area contributed by atoms with E-state index in [0.717, 1.165) is 5.01 Å². The number of amides is 2. The molecule has 1 aromatic heterocycles. The first-order valence-corrected chi connectivity index (χ1v) is 6.84. The number of carbonyl (C=O) groups excluding carboxylic acids is 1. The maximum Gasteiger partial charge on any atom is 0.323 e. The highest BCUT2D eigenvalue weighted by Gasteiger charge is 2.28. The van der Waals surface area contributed by atoms with Gasteiger partial charge in [-0.05, 0) is 20.8 Å². The fraction of sp³-hybridized carbons (Fsp3) is 0.583. The van der Waals surface area contributed by atoms with E-state index in [1.807, 2.05) is 5.38 Å². The molecular formula is C12H19N3O3S. The van der Waals surface area contributed by atoms with Crippen LogP contribution in [0.3, 0.4) is 0 Å². The highest BCUT2D eigenvalue weighted by Crippen LogP contribution is 2.13. The monoisotopic (exact) mass is 285 g/mol. The fourth-order valence-corrected chi connectivity index (χ4v) is 2.12. The minimum absolute atomic E-state index is 0.313. The molecule has 0 bridgehead atoms. The van der Waals surface area contributed by atoms with Crippen LogP contribution in [0.4, 0.5) is 4.79 Å². The molecule has 7 heteroatoms. The van der Waals surface area contributed by atoms with Crippen molar-refractivity contribution in [3.63, 3.8) is 0 Å². The Balaban J connectivity index is 2.50. The Bertz CT molecular complexity index is 426. The first-order valence-electron chi connectivity index (χ1n) is 5.96. The van der Waals surface area contributed by atoms with E-state index in [9.17, 15) is 9.59 Å². The van der Waals surface area contributed by atoms with Crippen LogP contribution in [0.2, 0.25) is 0 Å². The van der Waals surface area contributed by atoms with Crippen molar-refractivity contribution >= 4 is 23.3 Å². The summed E-state index contributed by atoms with van der Waals surface area (Å²) >= 11 is 1.53. The van der Waals surface area contributed by atoms with Crippen molar-refractivity contribution in [1.29, 1.82) is 0 Å². The largest absolute Gasteiger partial charge is 0.480 e. The van der Waals surface area contributed by atoms with Crippen molar-refractivity contribution in [2.45, 2.75) is 32.7 Å². The number of hydrogen-bond donors (Lipinski definition) is 2. The molecule has 0 atom stereocenters. The molecule has 2 amide bonds. The average molecular weight is 285 g/mol. The predicted molar refractivity (Wildman–Crippen MR) is 73.3 cm³/mol. The summed E-state index contributed by atoms with van der Waals surface area (Å²) in [6, 6.07) is -0.369. The van der Waals surface area contributed by atoms with E-state index in [0.29, 0.717) is 13.0 Å². The van der Waals surface area contributed by atoms with Crippen molar-refractivity contribution in [2.75, 3.05) is 13.1 Å². The van der Waals surface area contributed by atoms with Gasteiger partial charge in [-0.1, -0.05) is 0 Å². The van der Waals surface area contributed by atoms with Gasteiger partial charge in [0.1, 0.15) is 6.54 Å². The van der Waals surface area contributed by atoms with Crippen LogP contribution in [-0.4, -0.2) is 45.6 Å². The third-order valence-electron chi connectivity index (χ3n) is 2.45. The second-order valence-electron chi connectivity index (χ2n) is 5.06. The second kappa shape index (κ2) is 6.51. The first kappa shape index (κ1) is 15.4. The van der Waals surface area contributed by atoms with Crippen LogP contribution in [0.15, 0.2) is 11.6 Å². The third-order valence-corrected chi connectivity index (χ3v) is 3.29. The minimum atomic E-state index is -1.02. The van der Waals surface area contributed by atoms with Crippen molar-refractivity contribution in [3.8, 4) is 0 Å². The lowest BCUT2D eigenvalue weighted by atomic mass is 10.1. The van der Waals surface area contributed by atoms with Gasteiger partial charge in [-0.2, -0.15) is 0 Å². The third kappa shape index (κ3) is 5.25. The highest BCUT2D eigenvalue weighted by atomic mass is 32.1. The lowest BCUT2D eigenvalue weighted by Gasteiger charge is -2.34. The van der Waals surface area contributed by atoms with Gasteiger partial charge < -0.3 is 15.3 Å². The summed E-state index contributed by atoms with van der Waals surface area (Å²) < 4.78 is 0. The molecule has 0 radical (unpaired) electrons. The van der Waals surface area contributed by atoms with Gasteiger partial charge in [0.05, 0.1) is 5.01 Å². The van der Waals surface area contributed by atoms with E-state index in [2.05, 4.69) is 10.3 Å². The molecule has 19 heavy (non-hydrogen) atoms. The molecule has 6 nitrogen and oxygen atoms in total. The van der Waals surface area contributed by atoms with Gasteiger partial charge in [0.2, 0.25) is 0 Å². The summed E-state index contributed by atoms with van der Waals surface area (Å²) in [7, 11) is 0. The van der Waals surface area contributed by atoms with E-state index >= 15 is 0 Å². The van der Waals surface area contributed by atoms with Crippen LogP contribution in [0.25, 0.3) is 0 Å². The molecule has 0 aliphatic carbocycles. The molecule has 2 N–H and O–H groups in total. The van der Waals surface area contributed by atoms with Gasteiger partial charge in [-0.3, -0.25) is 4.79 Å². The zero-order valence-electron chi connectivity index (χ0n) is 11.3. The normalized spacial score (nSPS) is 11.1. The topological polar surface area (TPSA) is 82.5 Å². The number of aliphatic carboxylic acids is 1. The predicted octanol–water partition coefficient (Wildman–Crippen LogP) is 1.58. The van der Waals surface area contributed by atoms with E-state index in [4.69, 9.17) is 5.11 Å². The Morgan fingerprint density at radius 1 is 1.47 bits per heavy atom. The van der Waals surface area contributed by atoms with Crippen LogP contribution in [0.1, 0.15) is 25.8 Å². The highest BCUT2D eigenvalue weighted by molar-refractivity contribution is 7.09. The molecule has 0 unspecified atom stereocenters. The van der Waals surface area contributed by atoms with E-state index in [1.54, 1.807) is 27.0 Å². The summed E-state index contributed by atoms with van der Waals surface area (Å²) in [4.78, 5) is 28.2. The number of carboxylic acids is 1. The van der Waals surface area contributed by atoms with Crippen molar-refractivity contribution in [1.82, 2.24) is 15.2 Å². The van der Waals surface area contributed by atoms with Crippen molar-refractivity contribution in [2.24, 2.45) is 0 Å². The number of urea groups is 1. The zero-order chi connectivity index (χ0) is 14.5. The second-order valence-corrected chi connectivity index (χ2v) is 6.04. The van der Waals surface area contributed by atoms with Gasteiger partial charge in [-0.15, -0.1) is 11.3 Å². The zero-order valence-corrected chi connectivity index (χ0v) is 12.2. The van der Waals surface area contributed by atoms with E-state index in [1.165, 1.54) is 16.2 Å². The van der Waals surface area contributed by atoms with Gasteiger partial charge in [0, 0.05) is 30.1 Å². The Kier molecular flexibility index (Phi) is 5.29. The van der Waals surface area contributed by atoms with Crippen LogP contribution in [-0.2, 0) is 11.2 Å². The maximum atomic E-state index is 12.0. The van der Waals surface area contributed by atoms with Gasteiger partial charge in [-0.25, -0.2) is 9.78 Å². The SMILES string of the molecule is CC(C)(C)N(CC(=O)O)C(=O)NCCc1nccs1. The molecule has 1 aromatic rings. The van der Waals surface area contributed by atoms with Crippen molar-refractivity contribution < 1.29 is 14.7 Å². The van der Waals surface area contributed by atoms with Crippen LogP contribution >= 0.6 is 11.3 Å². The molecule has 0 aliphatic rings. The summed E-state index contributed by atoms with van der Waals surface area (Å²) in [5.74, 6) is -1.02. The molecule has 0 spiro atoms. The van der Waals surface area contributed by atoms with Crippen molar-refractivity contribution in [3.05, 3.63) is 16.6 Å². The van der Waals surface area contributed by atoms with E-state index in [-0.39, 0.29) is 12.6 Å². The number of nitrogens with one attached hydrogen (secondary N) is 1. The summed E-state index contributed by atoms with van der Waals surface area (Å²) in [6.07, 6.45) is 2.36. The van der Waals surface area contributed by atoms with Crippen LogP contribution < -0.4 is 5.32 Å². The molecule has 0 saturated carbocycles. The van der Waals surface area contributed by atoms with Crippen LogP contribution in [0.5, 0.6) is 0 Å². The molecule has 1 heterocycles. The lowest BCUT2D eigenvalue weighted by Crippen LogP contribution is -2.52. The molecule has 0 aromatic carbocycles. The standard InChI is InChI=1S/C12H19N3O3S/c1-12(2,3)15(8-10(16)17)11(18)14-5-4-9-13-6-7-19-9/h6-7H,4-5,8H2,1-3H3,(H,14,18)(H,16,17). The summed E-state index contributed by atoms with van der Waals surface area (Å²) in [6.45, 7) is 5.54. The molecule has 106 valence electrons. The molecule has 0 saturated heterocycles. The minimum Gasteiger partial charge on any atom is -0.480 e. The molecular weight excluding hydrogens is 266 g/mol. The van der Waals surface area contributed by atoms with E-state index < -0.39 is 11.5 Å². The quantitative estimate of drug-likeness (QED) is 0.860. The van der Waals surface area contributed by atoms with Crippen LogP contribution in [0, 0.1) is 0 Å². The molecule has 0 aliphatic heterocycles. The fourth-order valence-electron chi connectivity index (χ4n) is 1.50. The van der Waals surface area contributed by atoms with Gasteiger partial charge in [0.25, 0.3) is 0 Å². The Hall–Kier alpha value is -1.63. The summed E-state index contributed by atoms with van der Waals surface area (Å²) in [5.41, 5.74) is -0.538.